The Morgan fingerprint density at radius 2 is 1.70 bits per heavy atom. The van der Waals surface area contributed by atoms with Crippen molar-refractivity contribution in [3.8, 4) is 16.3 Å². The Hall–Kier alpha value is -2.42. The summed E-state index contributed by atoms with van der Waals surface area (Å²) in [5.41, 5.74) is 1.71. The number of sulfonamides is 1. The van der Waals surface area contributed by atoms with Gasteiger partial charge in [-0.15, -0.1) is 11.3 Å². The van der Waals surface area contributed by atoms with E-state index in [9.17, 15) is 8.42 Å². The van der Waals surface area contributed by atoms with Gasteiger partial charge in [0, 0.05) is 10.2 Å². The van der Waals surface area contributed by atoms with Gasteiger partial charge in [-0.1, -0.05) is 40.2 Å². The summed E-state index contributed by atoms with van der Waals surface area (Å²) in [5.74, 6) is 0. The van der Waals surface area contributed by atoms with Crippen molar-refractivity contribution < 1.29 is 8.42 Å². The Morgan fingerprint density at radius 1 is 0.963 bits per heavy atom. The predicted molar refractivity (Wildman–Crippen MR) is 112 cm³/mol. The fourth-order valence-electron chi connectivity index (χ4n) is 2.58. The summed E-state index contributed by atoms with van der Waals surface area (Å²) in [4.78, 5) is 0.928. The van der Waals surface area contributed by atoms with Crippen LogP contribution >= 0.6 is 27.3 Å². The molecule has 0 aliphatic carbocycles. The van der Waals surface area contributed by atoms with Gasteiger partial charge in [-0.3, -0.25) is 4.72 Å². The number of nitrogens with one attached hydrogen (secondary N) is 1. The number of anilines is 1. The van der Waals surface area contributed by atoms with E-state index in [1.807, 2.05) is 47.8 Å². The maximum absolute atomic E-state index is 13.1. The average Bonchev–Trinajstić information content (AvgIpc) is 3.34. The van der Waals surface area contributed by atoms with E-state index in [0.29, 0.717) is 11.4 Å². The molecule has 0 saturated carbocycles. The Bertz CT molecular complexity index is 1150. The van der Waals surface area contributed by atoms with Crippen molar-refractivity contribution >= 4 is 43.0 Å². The zero-order valence-electron chi connectivity index (χ0n) is 13.9. The molecular weight excluding hydrogens is 446 g/mol. The number of benzene rings is 2. The molecule has 0 spiro atoms. The lowest BCUT2D eigenvalue weighted by Gasteiger charge is -2.07. The second-order valence-corrected chi connectivity index (χ2v) is 9.23. The molecule has 0 saturated heterocycles. The van der Waals surface area contributed by atoms with E-state index in [-0.39, 0.29) is 4.90 Å². The molecular formula is C19H14BrN3O2S2. The van der Waals surface area contributed by atoms with Crippen LogP contribution in [0.2, 0.25) is 0 Å². The van der Waals surface area contributed by atoms with Gasteiger partial charge in [-0.05, 0) is 47.8 Å². The van der Waals surface area contributed by atoms with E-state index in [1.54, 1.807) is 35.1 Å². The third kappa shape index (κ3) is 3.83. The van der Waals surface area contributed by atoms with Gasteiger partial charge < -0.3 is 0 Å². The Labute approximate surface area is 169 Å². The Balaban J connectivity index is 1.80. The first-order valence-corrected chi connectivity index (χ1v) is 11.2. The fourth-order valence-corrected chi connectivity index (χ4v) is 4.83. The van der Waals surface area contributed by atoms with Crippen LogP contribution in [0.5, 0.6) is 0 Å². The maximum Gasteiger partial charge on any atom is 0.265 e. The SMILES string of the molecule is O=S(=O)(Nc1ccc(Br)cc1)c1cn(-c2ccccc2)nc1-c1cccs1. The lowest BCUT2D eigenvalue weighted by Crippen LogP contribution is -2.13. The molecule has 8 heteroatoms. The summed E-state index contributed by atoms with van der Waals surface area (Å²) in [6, 6.07) is 20.1. The van der Waals surface area contributed by atoms with Crippen LogP contribution in [0.15, 0.2) is 87.7 Å². The third-order valence-corrected chi connectivity index (χ3v) is 6.63. The first-order chi connectivity index (χ1) is 13.0. The lowest BCUT2D eigenvalue weighted by molar-refractivity contribution is 0.601. The molecule has 2 heterocycles. The molecule has 4 rings (SSSR count). The van der Waals surface area contributed by atoms with Gasteiger partial charge in [0.25, 0.3) is 10.0 Å². The lowest BCUT2D eigenvalue weighted by atomic mass is 10.3. The number of halogens is 1. The highest BCUT2D eigenvalue weighted by atomic mass is 79.9. The number of para-hydroxylation sites is 1. The summed E-state index contributed by atoms with van der Waals surface area (Å²) < 4.78 is 31.2. The zero-order chi connectivity index (χ0) is 18.9. The minimum atomic E-state index is -3.81. The highest BCUT2D eigenvalue weighted by molar-refractivity contribution is 9.10. The van der Waals surface area contributed by atoms with Crippen LogP contribution in [-0.4, -0.2) is 18.2 Å². The van der Waals surface area contributed by atoms with E-state index in [0.717, 1.165) is 15.0 Å². The standard InChI is InChI=1S/C19H14BrN3O2S2/c20-14-8-10-15(11-9-14)22-27(24,25)18-13-23(16-5-2-1-3-6-16)21-19(18)17-7-4-12-26-17/h1-13,22H. The summed E-state index contributed by atoms with van der Waals surface area (Å²) >= 11 is 4.80. The van der Waals surface area contributed by atoms with E-state index in [2.05, 4.69) is 25.8 Å². The van der Waals surface area contributed by atoms with Gasteiger partial charge in [0.1, 0.15) is 10.6 Å². The van der Waals surface area contributed by atoms with Crippen LogP contribution in [0.4, 0.5) is 5.69 Å². The van der Waals surface area contributed by atoms with Crippen LogP contribution in [-0.2, 0) is 10.0 Å². The molecule has 0 fully saturated rings. The van der Waals surface area contributed by atoms with Crippen LogP contribution in [0.1, 0.15) is 0 Å². The van der Waals surface area contributed by atoms with Crippen molar-refractivity contribution in [1.29, 1.82) is 0 Å². The fraction of sp³-hybridized carbons (Fsp3) is 0. The first-order valence-electron chi connectivity index (χ1n) is 8.00. The van der Waals surface area contributed by atoms with E-state index in [1.165, 1.54) is 11.3 Å². The van der Waals surface area contributed by atoms with Crippen LogP contribution < -0.4 is 4.72 Å². The largest absolute Gasteiger partial charge is 0.280 e. The minimum Gasteiger partial charge on any atom is -0.280 e. The van der Waals surface area contributed by atoms with E-state index in [4.69, 9.17) is 0 Å². The molecule has 1 N–H and O–H groups in total. The van der Waals surface area contributed by atoms with Crippen molar-refractivity contribution in [1.82, 2.24) is 9.78 Å². The number of hydrogen-bond acceptors (Lipinski definition) is 4. The first kappa shape index (κ1) is 18.0. The normalized spacial score (nSPS) is 11.4. The average molecular weight is 460 g/mol. The molecule has 0 aliphatic heterocycles. The van der Waals surface area contributed by atoms with Gasteiger partial charge in [0.2, 0.25) is 0 Å². The van der Waals surface area contributed by atoms with Crippen molar-refractivity contribution in [3.05, 3.63) is 82.8 Å². The molecule has 5 nitrogen and oxygen atoms in total. The third-order valence-electron chi connectivity index (χ3n) is 3.84. The Kier molecular flexibility index (Phi) is 4.86. The smallest absolute Gasteiger partial charge is 0.265 e. The van der Waals surface area contributed by atoms with Crippen molar-refractivity contribution in [3.63, 3.8) is 0 Å². The van der Waals surface area contributed by atoms with Crippen LogP contribution in [0.25, 0.3) is 16.3 Å². The van der Waals surface area contributed by atoms with Crippen LogP contribution in [0.3, 0.4) is 0 Å². The molecule has 0 aliphatic rings. The zero-order valence-corrected chi connectivity index (χ0v) is 17.1. The molecule has 2 aromatic heterocycles. The van der Waals surface area contributed by atoms with Crippen LogP contribution in [0, 0.1) is 0 Å². The van der Waals surface area contributed by atoms with Gasteiger partial charge in [-0.2, -0.15) is 5.10 Å². The van der Waals surface area contributed by atoms with Gasteiger partial charge in [0.15, 0.2) is 0 Å². The van der Waals surface area contributed by atoms with E-state index >= 15 is 0 Å². The second kappa shape index (κ2) is 7.30. The van der Waals surface area contributed by atoms with Gasteiger partial charge >= 0.3 is 0 Å². The molecule has 0 radical (unpaired) electrons. The number of hydrogen-bond donors (Lipinski definition) is 1. The molecule has 0 unspecified atom stereocenters. The minimum absolute atomic E-state index is 0.136. The summed E-state index contributed by atoms with van der Waals surface area (Å²) in [6.07, 6.45) is 1.55. The summed E-state index contributed by atoms with van der Waals surface area (Å²) in [5, 5.41) is 6.44. The number of thiophene rings is 1. The predicted octanol–water partition coefficient (Wildman–Crippen LogP) is 5.16. The number of nitrogens with zero attached hydrogens (tertiary/aromatic N) is 2. The molecule has 27 heavy (non-hydrogen) atoms. The van der Waals surface area contributed by atoms with E-state index < -0.39 is 10.0 Å². The molecule has 2 aromatic carbocycles. The number of aromatic nitrogens is 2. The highest BCUT2D eigenvalue weighted by Crippen LogP contribution is 2.31. The maximum atomic E-state index is 13.1. The monoisotopic (exact) mass is 459 g/mol. The molecule has 0 amide bonds. The molecule has 0 bridgehead atoms. The molecule has 136 valence electrons. The van der Waals surface area contributed by atoms with Gasteiger partial charge in [0.05, 0.1) is 16.8 Å². The van der Waals surface area contributed by atoms with Crippen molar-refractivity contribution in [2.45, 2.75) is 4.90 Å². The highest BCUT2D eigenvalue weighted by Gasteiger charge is 2.25. The topological polar surface area (TPSA) is 64.0 Å². The summed E-state index contributed by atoms with van der Waals surface area (Å²) in [7, 11) is -3.81. The second-order valence-electron chi connectivity index (χ2n) is 5.71. The number of rotatable bonds is 5. The van der Waals surface area contributed by atoms with Crippen molar-refractivity contribution in [2.75, 3.05) is 4.72 Å². The van der Waals surface area contributed by atoms with Gasteiger partial charge in [-0.25, -0.2) is 13.1 Å². The Morgan fingerprint density at radius 3 is 2.37 bits per heavy atom. The molecule has 4 aromatic rings. The summed E-state index contributed by atoms with van der Waals surface area (Å²) in [6.45, 7) is 0. The van der Waals surface area contributed by atoms with Crippen molar-refractivity contribution in [2.24, 2.45) is 0 Å². The quantitative estimate of drug-likeness (QED) is 0.447. The molecule has 0 atom stereocenters.